The summed E-state index contributed by atoms with van der Waals surface area (Å²) in [6.45, 7) is 4.65. The number of nitrogens with one attached hydrogen (secondary N) is 1. The lowest BCUT2D eigenvalue weighted by molar-refractivity contribution is -0.118. The Morgan fingerprint density at radius 2 is 2.20 bits per heavy atom. The first-order valence-corrected chi connectivity index (χ1v) is 8.37. The van der Waals surface area contributed by atoms with Gasteiger partial charge in [0.1, 0.15) is 11.7 Å². The maximum atomic E-state index is 12.9. The van der Waals surface area contributed by atoms with Crippen molar-refractivity contribution in [3.8, 4) is 5.88 Å². The van der Waals surface area contributed by atoms with Crippen LogP contribution in [-0.2, 0) is 11.3 Å². The van der Waals surface area contributed by atoms with E-state index in [0.717, 1.165) is 17.7 Å². The van der Waals surface area contributed by atoms with Gasteiger partial charge >= 0.3 is 0 Å². The predicted octanol–water partition coefficient (Wildman–Crippen LogP) is 2.44. The third-order valence-electron chi connectivity index (χ3n) is 4.62. The number of nitrogen functional groups attached to an aromatic ring is 1. The number of fused-ring (bicyclic) bond motifs is 1. The van der Waals surface area contributed by atoms with Gasteiger partial charge in [0.2, 0.25) is 17.7 Å². The SMILES string of the molecule is CC[C@H](C)C1C(=O)Nc2ccccc2CN1c1ncc(N)c(OC)n1. The number of nitrogens with zero attached hydrogens (tertiary/aromatic N) is 3. The number of benzene rings is 1. The van der Waals surface area contributed by atoms with E-state index in [0.29, 0.717) is 24.1 Å². The minimum absolute atomic E-state index is 0.0568. The van der Waals surface area contributed by atoms with Crippen molar-refractivity contribution in [1.29, 1.82) is 0 Å². The van der Waals surface area contributed by atoms with Gasteiger partial charge in [-0.25, -0.2) is 4.98 Å². The van der Waals surface area contributed by atoms with Gasteiger partial charge in [0, 0.05) is 12.2 Å². The number of aromatic nitrogens is 2. The normalized spacial score (nSPS) is 18.1. The van der Waals surface area contributed by atoms with Gasteiger partial charge in [-0.2, -0.15) is 4.98 Å². The molecule has 1 unspecified atom stereocenters. The van der Waals surface area contributed by atoms with Gasteiger partial charge in [0.05, 0.1) is 13.3 Å². The fourth-order valence-corrected chi connectivity index (χ4v) is 3.06. The minimum atomic E-state index is -0.384. The van der Waals surface area contributed by atoms with Crippen LogP contribution in [0, 0.1) is 5.92 Å². The molecule has 2 atom stereocenters. The van der Waals surface area contributed by atoms with Crippen molar-refractivity contribution < 1.29 is 9.53 Å². The van der Waals surface area contributed by atoms with E-state index in [1.165, 1.54) is 13.3 Å². The average molecular weight is 341 g/mol. The van der Waals surface area contributed by atoms with Crippen molar-refractivity contribution in [1.82, 2.24) is 9.97 Å². The summed E-state index contributed by atoms with van der Waals surface area (Å²) in [6, 6.07) is 7.39. The smallest absolute Gasteiger partial charge is 0.247 e. The number of hydrogen-bond acceptors (Lipinski definition) is 6. The summed E-state index contributed by atoms with van der Waals surface area (Å²) in [4.78, 5) is 23.6. The Labute approximate surface area is 147 Å². The quantitative estimate of drug-likeness (QED) is 0.887. The number of para-hydroxylation sites is 1. The van der Waals surface area contributed by atoms with Crippen LogP contribution in [0.25, 0.3) is 0 Å². The molecule has 132 valence electrons. The van der Waals surface area contributed by atoms with Gasteiger partial charge in [-0.05, 0) is 17.5 Å². The van der Waals surface area contributed by atoms with Gasteiger partial charge in [-0.15, -0.1) is 0 Å². The molecular weight excluding hydrogens is 318 g/mol. The lowest BCUT2D eigenvalue weighted by Gasteiger charge is -2.32. The van der Waals surface area contributed by atoms with Crippen LogP contribution < -0.4 is 20.7 Å². The number of anilines is 3. The molecule has 2 heterocycles. The van der Waals surface area contributed by atoms with Crippen LogP contribution >= 0.6 is 0 Å². The summed E-state index contributed by atoms with van der Waals surface area (Å²) in [5, 5.41) is 3.04. The molecule has 1 amide bonds. The molecule has 7 nitrogen and oxygen atoms in total. The zero-order chi connectivity index (χ0) is 18.0. The third kappa shape index (κ3) is 3.22. The van der Waals surface area contributed by atoms with Crippen LogP contribution in [0.3, 0.4) is 0 Å². The average Bonchev–Trinajstić information content (AvgIpc) is 2.77. The van der Waals surface area contributed by atoms with Crippen molar-refractivity contribution in [3.63, 3.8) is 0 Å². The van der Waals surface area contributed by atoms with E-state index in [4.69, 9.17) is 10.5 Å². The molecule has 1 aliphatic heterocycles. The van der Waals surface area contributed by atoms with E-state index < -0.39 is 0 Å². The Morgan fingerprint density at radius 3 is 2.92 bits per heavy atom. The molecule has 25 heavy (non-hydrogen) atoms. The molecule has 0 saturated carbocycles. The van der Waals surface area contributed by atoms with Gasteiger partial charge in [0.15, 0.2) is 0 Å². The number of hydrogen-bond donors (Lipinski definition) is 2. The molecule has 0 saturated heterocycles. The highest BCUT2D eigenvalue weighted by atomic mass is 16.5. The minimum Gasteiger partial charge on any atom is -0.479 e. The first-order chi connectivity index (χ1) is 12.0. The summed E-state index contributed by atoms with van der Waals surface area (Å²) in [5.41, 5.74) is 8.04. The number of carbonyl (C=O) groups is 1. The molecule has 3 rings (SSSR count). The zero-order valence-corrected chi connectivity index (χ0v) is 14.7. The molecule has 2 aromatic rings. The lowest BCUT2D eigenvalue weighted by Crippen LogP contribution is -2.47. The van der Waals surface area contributed by atoms with Crippen molar-refractivity contribution in [2.45, 2.75) is 32.9 Å². The Balaban J connectivity index is 2.09. The number of methoxy groups -OCH3 is 1. The molecule has 0 aliphatic carbocycles. The first-order valence-electron chi connectivity index (χ1n) is 8.37. The van der Waals surface area contributed by atoms with Crippen LogP contribution in [0.15, 0.2) is 30.5 Å². The van der Waals surface area contributed by atoms with Crippen LogP contribution in [0.4, 0.5) is 17.3 Å². The van der Waals surface area contributed by atoms with Crippen LogP contribution in [-0.4, -0.2) is 29.0 Å². The Hall–Kier alpha value is -2.83. The van der Waals surface area contributed by atoms with E-state index in [1.807, 2.05) is 29.2 Å². The van der Waals surface area contributed by atoms with Crippen molar-refractivity contribution in [2.24, 2.45) is 5.92 Å². The fourth-order valence-electron chi connectivity index (χ4n) is 3.06. The molecule has 0 fully saturated rings. The summed E-state index contributed by atoms with van der Waals surface area (Å²) in [6.07, 6.45) is 2.38. The molecule has 0 spiro atoms. The summed E-state index contributed by atoms with van der Waals surface area (Å²) < 4.78 is 5.22. The maximum Gasteiger partial charge on any atom is 0.247 e. The Morgan fingerprint density at radius 1 is 1.44 bits per heavy atom. The molecular formula is C18H23N5O2. The Kier molecular flexibility index (Phi) is 4.74. The van der Waals surface area contributed by atoms with Gasteiger partial charge in [-0.3, -0.25) is 4.79 Å². The molecule has 3 N–H and O–H groups in total. The van der Waals surface area contributed by atoms with Gasteiger partial charge < -0.3 is 20.7 Å². The number of ether oxygens (including phenoxy) is 1. The summed E-state index contributed by atoms with van der Waals surface area (Å²) >= 11 is 0. The van der Waals surface area contributed by atoms with E-state index in [2.05, 4.69) is 29.1 Å². The highest BCUT2D eigenvalue weighted by Crippen LogP contribution is 2.31. The monoisotopic (exact) mass is 341 g/mol. The highest BCUT2D eigenvalue weighted by Gasteiger charge is 2.35. The second-order valence-corrected chi connectivity index (χ2v) is 6.24. The number of carbonyl (C=O) groups excluding carboxylic acids is 1. The molecule has 0 radical (unpaired) electrons. The van der Waals surface area contributed by atoms with Crippen molar-refractivity contribution in [3.05, 3.63) is 36.0 Å². The third-order valence-corrected chi connectivity index (χ3v) is 4.62. The van der Waals surface area contributed by atoms with E-state index in [-0.39, 0.29) is 17.9 Å². The molecule has 1 aromatic carbocycles. The molecule has 1 aliphatic rings. The van der Waals surface area contributed by atoms with Crippen LogP contribution in [0.1, 0.15) is 25.8 Å². The fraction of sp³-hybridized carbons (Fsp3) is 0.389. The van der Waals surface area contributed by atoms with Crippen molar-refractivity contribution in [2.75, 3.05) is 23.1 Å². The zero-order valence-electron chi connectivity index (χ0n) is 14.7. The summed E-state index contributed by atoms with van der Waals surface area (Å²) in [7, 11) is 1.51. The van der Waals surface area contributed by atoms with Crippen molar-refractivity contribution >= 4 is 23.2 Å². The maximum absolute atomic E-state index is 12.9. The number of nitrogens with two attached hydrogens (primary N) is 1. The Bertz CT molecular complexity index is 780. The number of rotatable bonds is 4. The van der Waals surface area contributed by atoms with Gasteiger partial charge in [0.25, 0.3) is 0 Å². The van der Waals surface area contributed by atoms with E-state index in [1.54, 1.807) is 0 Å². The topological polar surface area (TPSA) is 93.4 Å². The standard InChI is InChI=1S/C18H23N5O2/c1-4-11(2)15-16(24)21-14-8-6-5-7-12(14)10-23(15)18-20-9-13(19)17(22-18)25-3/h5-9,11,15H,4,10,19H2,1-3H3,(H,21,24)/t11-,15?/m0/s1. The molecule has 1 aromatic heterocycles. The van der Waals surface area contributed by atoms with Gasteiger partial charge in [-0.1, -0.05) is 38.5 Å². The van der Waals surface area contributed by atoms with E-state index >= 15 is 0 Å². The number of amides is 1. The molecule has 0 bridgehead atoms. The second-order valence-electron chi connectivity index (χ2n) is 6.24. The second kappa shape index (κ2) is 6.96. The first kappa shape index (κ1) is 17.0. The predicted molar refractivity (Wildman–Crippen MR) is 97.5 cm³/mol. The van der Waals surface area contributed by atoms with Crippen LogP contribution in [0.5, 0.6) is 5.88 Å². The highest BCUT2D eigenvalue weighted by molar-refractivity contribution is 5.98. The summed E-state index contributed by atoms with van der Waals surface area (Å²) in [5.74, 6) is 0.814. The largest absolute Gasteiger partial charge is 0.479 e. The lowest BCUT2D eigenvalue weighted by atomic mass is 9.97. The van der Waals surface area contributed by atoms with E-state index in [9.17, 15) is 4.79 Å². The van der Waals surface area contributed by atoms with Crippen LogP contribution in [0.2, 0.25) is 0 Å². The molecule has 7 heteroatoms.